The van der Waals surface area contributed by atoms with Crippen LogP contribution in [-0.2, 0) is 11.3 Å². The zero-order valence-electron chi connectivity index (χ0n) is 8.64. The smallest absolute Gasteiger partial charge is 0.335 e. The number of nitrogens with zero attached hydrogens (tertiary/aromatic N) is 1. The normalized spacial score (nSPS) is 12.4. The first-order valence-corrected chi connectivity index (χ1v) is 4.51. The molecule has 0 saturated carbocycles. The number of aromatic carboxylic acids is 1. The summed E-state index contributed by atoms with van der Waals surface area (Å²) < 4.78 is 6.43. The van der Waals surface area contributed by atoms with E-state index in [1.165, 1.54) is 16.8 Å². The fourth-order valence-electron chi connectivity index (χ4n) is 1.14. The fraction of sp³-hybridized carbons (Fsp3) is 0.400. The highest BCUT2D eigenvalue weighted by atomic mass is 16.5. The average Bonchev–Trinajstić information content (AvgIpc) is 2.20. The van der Waals surface area contributed by atoms with Crippen molar-refractivity contribution in [1.29, 1.82) is 0 Å². The van der Waals surface area contributed by atoms with Crippen LogP contribution >= 0.6 is 0 Å². The predicted molar refractivity (Wildman–Crippen MR) is 54.1 cm³/mol. The zero-order chi connectivity index (χ0) is 11.4. The monoisotopic (exact) mass is 211 g/mol. The van der Waals surface area contributed by atoms with Crippen LogP contribution in [0.5, 0.6) is 0 Å². The van der Waals surface area contributed by atoms with Gasteiger partial charge in [0, 0.05) is 19.4 Å². The van der Waals surface area contributed by atoms with Crippen molar-refractivity contribution in [3.63, 3.8) is 0 Å². The fourth-order valence-corrected chi connectivity index (χ4v) is 1.14. The van der Waals surface area contributed by atoms with Gasteiger partial charge in [0.1, 0.15) is 0 Å². The van der Waals surface area contributed by atoms with Crippen LogP contribution < -0.4 is 5.56 Å². The summed E-state index contributed by atoms with van der Waals surface area (Å²) in [5.74, 6) is -1.10. The minimum atomic E-state index is -1.10. The second kappa shape index (κ2) is 4.75. The number of carboxylic acids is 1. The molecule has 0 aliphatic rings. The Balaban J connectivity index is 2.94. The lowest BCUT2D eigenvalue weighted by Gasteiger charge is -2.11. The molecule has 0 aliphatic carbocycles. The zero-order valence-corrected chi connectivity index (χ0v) is 8.64. The van der Waals surface area contributed by atoms with Gasteiger partial charge in [-0.3, -0.25) is 4.79 Å². The number of hydrogen-bond donors (Lipinski definition) is 1. The summed E-state index contributed by atoms with van der Waals surface area (Å²) in [4.78, 5) is 22.0. The van der Waals surface area contributed by atoms with Crippen molar-refractivity contribution >= 4 is 5.97 Å². The highest BCUT2D eigenvalue weighted by Crippen LogP contribution is 1.97. The summed E-state index contributed by atoms with van der Waals surface area (Å²) in [5, 5.41) is 8.66. The van der Waals surface area contributed by atoms with Gasteiger partial charge in [-0.25, -0.2) is 4.79 Å². The van der Waals surface area contributed by atoms with E-state index in [4.69, 9.17) is 9.84 Å². The van der Waals surface area contributed by atoms with Crippen LogP contribution in [0.4, 0.5) is 0 Å². The first-order chi connectivity index (χ1) is 7.04. The van der Waals surface area contributed by atoms with E-state index in [2.05, 4.69) is 0 Å². The van der Waals surface area contributed by atoms with E-state index in [9.17, 15) is 9.59 Å². The van der Waals surface area contributed by atoms with E-state index in [1.807, 2.05) is 6.92 Å². The second-order valence-electron chi connectivity index (χ2n) is 3.26. The van der Waals surface area contributed by atoms with Gasteiger partial charge in [-0.2, -0.15) is 0 Å². The van der Waals surface area contributed by atoms with E-state index in [0.29, 0.717) is 6.54 Å². The Hall–Kier alpha value is -1.62. The Morgan fingerprint density at radius 3 is 2.80 bits per heavy atom. The predicted octanol–water partition coefficient (Wildman–Crippen LogP) is 0.581. The van der Waals surface area contributed by atoms with Gasteiger partial charge in [-0.05, 0) is 13.0 Å². The van der Waals surface area contributed by atoms with Gasteiger partial charge in [-0.15, -0.1) is 0 Å². The van der Waals surface area contributed by atoms with Crippen LogP contribution in [0.2, 0.25) is 0 Å². The molecule has 0 spiro atoms. The number of hydrogen-bond acceptors (Lipinski definition) is 3. The SMILES string of the molecule is COC(C)Cn1ccc(C(=O)O)cc1=O. The molecule has 0 saturated heterocycles. The third-order valence-corrected chi connectivity index (χ3v) is 2.10. The second-order valence-corrected chi connectivity index (χ2v) is 3.26. The van der Waals surface area contributed by atoms with Gasteiger partial charge in [0.15, 0.2) is 0 Å². The molecular formula is C10H13NO4. The first-order valence-electron chi connectivity index (χ1n) is 4.51. The quantitative estimate of drug-likeness (QED) is 0.791. The topological polar surface area (TPSA) is 68.5 Å². The van der Waals surface area contributed by atoms with E-state index in [0.717, 1.165) is 6.07 Å². The van der Waals surface area contributed by atoms with Crippen LogP contribution in [0.1, 0.15) is 17.3 Å². The molecule has 1 aromatic rings. The van der Waals surface area contributed by atoms with Crippen molar-refractivity contribution in [2.24, 2.45) is 0 Å². The lowest BCUT2D eigenvalue weighted by Crippen LogP contribution is -2.26. The van der Waals surface area contributed by atoms with E-state index >= 15 is 0 Å². The number of ether oxygens (including phenoxy) is 1. The van der Waals surface area contributed by atoms with Crippen molar-refractivity contribution in [2.75, 3.05) is 7.11 Å². The van der Waals surface area contributed by atoms with Gasteiger partial charge < -0.3 is 14.4 Å². The Kier molecular flexibility index (Phi) is 3.62. The molecule has 0 aliphatic heterocycles. The number of carbonyl (C=O) groups is 1. The number of carboxylic acid groups (broad SMARTS) is 1. The lowest BCUT2D eigenvalue weighted by atomic mass is 10.2. The third kappa shape index (κ3) is 2.92. The van der Waals surface area contributed by atoms with Gasteiger partial charge in [0.05, 0.1) is 18.2 Å². The number of methoxy groups -OCH3 is 1. The molecule has 0 amide bonds. The molecule has 1 heterocycles. The summed E-state index contributed by atoms with van der Waals surface area (Å²) >= 11 is 0. The molecule has 82 valence electrons. The molecule has 1 N–H and O–H groups in total. The molecule has 1 rings (SSSR count). The van der Waals surface area contributed by atoms with Crippen LogP contribution in [0.3, 0.4) is 0 Å². The highest BCUT2D eigenvalue weighted by molar-refractivity contribution is 5.87. The van der Waals surface area contributed by atoms with Gasteiger partial charge in [0.25, 0.3) is 5.56 Å². The molecular weight excluding hydrogens is 198 g/mol. The molecule has 0 aromatic carbocycles. The molecule has 0 bridgehead atoms. The summed E-state index contributed by atoms with van der Waals surface area (Å²) in [6.07, 6.45) is 1.37. The Morgan fingerprint density at radius 2 is 2.33 bits per heavy atom. The Labute approximate surface area is 86.9 Å². The van der Waals surface area contributed by atoms with E-state index in [1.54, 1.807) is 7.11 Å². The standard InChI is InChI=1S/C10H13NO4/c1-7(15-2)6-11-4-3-8(10(13)14)5-9(11)12/h3-5,7H,6H2,1-2H3,(H,13,14). The molecule has 5 heteroatoms. The largest absolute Gasteiger partial charge is 0.478 e. The summed E-state index contributed by atoms with van der Waals surface area (Å²) in [6.45, 7) is 2.24. The molecule has 1 unspecified atom stereocenters. The van der Waals surface area contributed by atoms with Crippen molar-refractivity contribution in [3.05, 3.63) is 34.2 Å². The molecule has 0 fully saturated rings. The van der Waals surface area contributed by atoms with Crippen molar-refractivity contribution in [3.8, 4) is 0 Å². The number of rotatable bonds is 4. The maximum atomic E-state index is 11.4. The van der Waals surface area contributed by atoms with Crippen molar-refractivity contribution in [1.82, 2.24) is 4.57 Å². The summed E-state index contributed by atoms with van der Waals surface area (Å²) in [7, 11) is 1.56. The minimum absolute atomic E-state index is 0.00122. The van der Waals surface area contributed by atoms with Crippen LogP contribution in [-0.4, -0.2) is 28.9 Å². The lowest BCUT2D eigenvalue weighted by molar-refractivity contribution is 0.0696. The summed E-state index contributed by atoms with van der Waals surface area (Å²) in [6, 6.07) is 2.50. The van der Waals surface area contributed by atoms with E-state index < -0.39 is 5.97 Å². The van der Waals surface area contributed by atoms with Crippen molar-refractivity contribution < 1.29 is 14.6 Å². The third-order valence-electron chi connectivity index (χ3n) is 2.10. The Morgan fingerprint density at radius 1 is 1.67 bits per heavy atom. The number of aromatic nitrogens is 1. The van der Waals surface area contributed by atoms with Gasteiger partial charge in [-0.1, -0.05) is 0 Å². The van der Waals surface area contributed by atoms with Crippen LogP contribution in [0.15, 0.2) is 23.1 Å². The van der Waals surface area contributed by atoms with Crippen LogP contribution in [0, 0.1) is 0 Å². The molecule has 15 heavy (non-hydrogen) atoms. The number of pyridine rings is 1. The van der Waals surface area contributed by atoms with E-state index in [-0.39, 0.29) is 17.2 Å². The maximum Gasteiger partial charge on any atom is 0.335 e. The van der Waals surface area contributed by atoms with Crippen LogP contribution in [0.25, 0.3) is 0 Å². The highest BCUT2D eigenvalue weighted by Gasteiger charge is 2.06. The minimum Gasteiger partial charge on any atom is -0.478 e. The molecule has 0 radical (unpaired) electrons. The Bertz CT molecular complexity index is 410. The average molecular weight is 211 g/mol. The van der Waals surface area contributed by atoms with Gasteiger partial charge in [0.2, 0.25) is 0 Å². The van der Waals surface area contributed by atoms with Crippen molar-refractivity contribution in [2.45, 2.75) is 19.6 Å². The molecule has 1 atom stereocenters. The molecule has 1 aromatic heterocycles. The molecule has 5 nitrogen and oxygen atoms in total. The first kappa shape index (κ1) is 11.5. The van der Waals surface area contributed by atoms with Gasteiger partial charge >= 0.3 is 5.97 Å². The summed E-state index contributed by atoms with van der Waals surface area (Å²) in [5.41, 5.74) is -0.333. The maximum absolute atomic E-state index is 11.4.